The first-order chi connectivity index (χ1) is 4.83. The Hall–Kier alpha value is -0.0800. The predicted octanol–water partition coefficient (Wildman–Crippen LogP) is 1.16. The molecule has 0 saturated heterocycles. The van der Waals surface area contributed by atoms with Gasteiger partial charge < -0.3 is 10.1 Å². The van der Waals surface area contributed by atoms with Crippen molar-refractivity contribution < 1.29 is 4.74 Å². The molecule has 0 bridgehead atoms. The molecule has 0 radical (unpaired) electrons. The Labute approximate surface area is 63.0 Å². The van der Waals surface area contributed by atoms with E-state index < -0.39 is 0 Å². The van der Waals surface area contributed by atoms with Crippen LogP contribution in [0.15, 0.2) is 0 Å². The van der Waals surface area contributed by atoms with Crippen molar-refractivity contribution in [2.24, 2.45) is 0 Å². The van der Waals surface area contributed by atoms with Crippen LogP contribution in [-0.4, -0.2) is 25.8 Å². The predicted molar refractivity (Wildman–Crippen MR) is 42.1 cm³/mol. The lowest BCUT2D eigenvalue weighted by Crippen LogP contribution is -2.21. The summed E-state index contributed by atoms with van der Waals surface area (Å²) < 4.78 is 5.11. The number of methoxy groups -OCH3 is 1. The standard InChI is InChI=1S/C8H17NO/c1-7(10-2)5-6-9-8-3-4-8/h7-9H,3-6H2,1-2H3. The fraction of sp³-hybridized carbons (Fsp3) is 1.00. The lowest BCUT2D eigenvalue weighted by molar-refractivity contribution is 0.111. The lowest BCUT2D eigenvalue weighted by Gasteiger charge is -2.08. The van der Waals surface area contributed by atoms with Crippen LogP contribution in [0, 0.1) is 0 Å². The van der Waals surface area contributed by atoms with Crippen molar-refractivity contribution >= 4 is 0 Å². The van der Waals surface area contributed by atoms with Crippen molar-refractivity contribution in [3.63, 3.8) is 0 Å². The van der Waals surface area contributed by atoms with E-state index in [0.29, 0.717) is 6.10 Å². The molecule has 1 aliphatic carbocycles. The Bertz CT molecular complexity index is 91.3. The molecular weight excluding hydrogens is 126 g/mol. The van der Waals surface area contributed by atoms with Gasteiger partial charge in [-0.25, -0.2) is 0 Å². The summed E-state index contributed by atoms with van der Waals surface area (Å²) in [6.07, 6.45) is 4.29. The molecule has 0 amide bonds. The van der Waals surface area contributed by atoms with Gasteiger partial charge in [-0.1, -0.05) is 0 Å². The number of rotatable bonds is 5. The summed E-state index contributed by atoms with van der Waals surface area (Å²) >= 11 is 0. The number of hydrogen-bond acceptors (Lipinski definition) is 2. The van der Waals surface area contributed by atoms with Crippen LogP contribution in [0.1, 0.15) is 26.2 Å². The zero-order chi connectivity index (χ0) is 7.40. The smallest absolute Gasteiger partial charge is 0.0555 e. The maximum Gasteiger partial charge on any atom is 0.0555 e. The van der Waals surface area contributed by atoms with Gasteiger partial charge in [-0.2, -0.15) is 0 Å². The molecule has 2 heteroatoms. The average Bonchev–Trinajstić information content (AvgIpc) is 2.71. The minimum atomic E-state index is 0.409. The number of ether oxygens (including phenoxy) is 1. The molecule has 0 aromatic heterocycles. The van der Waals surface area contributed by atoms with E-state index in [1.807, 2.05) is 0 Å². The summed E-state index contributed by atoms with van der Waals surface area (Å²) in [5, 5.41) is 3.44. The van der Waals surface area contributed by atoms with Crippen LogP contribution in [-0.2, 0) is 4.74 Å². The Kier molecular flexibility index (Phi) is 3.16. The Morgan fingerprint density at radius 3 is 2.80 bits per heavy atom. The molecule has 1 unspecified atom stereocenters. The fourth-order valence-electron chi connectivity index (χ4n) is 0.896. The van der Waals surface area contributed by atoms with Gasteiger partial charge in [0, 0.05) is 13.2 Å². The third kappa shape index (κ3) is 3.18. The molecule has 0 aliphatic heterocycles. The lowest BCUT2D eigenvalue weighted by atomic mass is 10.3. The van der Waals surface area contributed by atoms with Crippen LogP contribution in [0.25, 0.3) is 0 Å². The van der Waals surface area contributed by atoms with Crippen LogP contribution < -0.4 is 5.32 Å². The molecule has 10 heavy (non-hydrogen) atoms. The van der Waals surface area contributed by atoms with Crippen molar-refractivity contribution in [3.8, 4) is 0 Å². The minimum Gasteiger partial charge on any atom is -0.382 e. The van der Waals surface area contributed by atoms with E-state index in [2.05, 4.69) is 12.2 Å². The van der Waals surface area contributed by atoms with Gasteiger partial charge in [0.1, 0.15) is 0 Å². The van der Waals surface area contributed by atoms with Crippen molar-refractivity contribution in [1.29, 1.82) is 0 Å². The third-order valence-electron chi connectivity index (χ3n) is 1.96. The molecule has 1 rings (SSSR count). The molecule has 1 N–H and O–H groups in total. The Morgan fingerprint density at radius 1 is 1.60 bits per heavy atom. The van der Waals surface area contributed by atoms with Gasteiger partial charge in [0.2, 0.25) is 0 Å². The summed E-state index contributed by atoms with van der Waals surface area (Å²) in [6.45, 7) is 3.22. The van der Waals surface area contributed by atoms with Crippen molar-refractivity contribution in [2.75, 3.05) is 13.7 Å². The maximum absolute atomic E-state index is 5.11. The van der Waals surface area contributed by atoms with Crippen LogP contribution in [0.4, 0.5) is 0 Å². The molecule has 1 saturated carbocycles. The highest BCUT2D eigenvalue weighted by molar-refractivity contribution is 4.80. The molecular formula is C8H17NO. The first-order valence-electron chi connectivity index (χ1n) is 4.09. The zero-order valence-corrected chi connectivity index (χ0v) is 6.89. The highest BCUT2D eigenvalue weighted by atomic mass is 16.5. The largest absolute Gasteiger partial charge is 0.382 e. The summed E-state index contributed by atoms with van der Waals surface area (Å²) in [5.74, 6) is 0. The average molecular weight is 143 g/mol. The molecule has 1 fully saturated rings. The topological polar surface area (TPSA) is 21.3 Å². The van der Waals surface area contributed by atoms with Gasteiger partial charge in [-0.05, 0) is 32.7 Å². The van der Waals surface area contributed by atoms with Gasteiger partial charge in [0.05, 0.1) is 6.10 Å². The molecule has 1 aliphatic rings. The molecule has 2 nitrogen and oxygen atoms in total. The van der Waals surface area contributed by atoms with E-state index in [9.17, 15) is 0 Å². The SMILES string of the molecule is COC(C)CCNC1CC1. The minimum absolute atomic E-state index is 0.409. The second kappa shape index (κ2) is 3.94. The Morgan fingerprint density at radius 2 is 2.30 bits per heavy atom. The summed E-state index contributed by atoms with van der Waals surface area (Å²) in [5.41, 5.74) is 0. The first-order valence-corrected chi connectivity index (χ1v) is 4.09. The van der Waals surface area contributed by atoms with E-state index in [-0.39, 0.29) is 0 Å². The monoisotopic (exact) mass is 143 g/mol. The van der Waals surface area contributed by atoms with E-state index in [4.69, 9.17) is 4.74 Å². The summed E-state index contributed by atoms with van der Waals surface area (Å²) in [7, 11) is 1.77. The van der Waals surface area contributed by atoms with Gasteiger partial charge in [0.25, 0.3) is 0 Å². The molecule has 0 aromatic rings. The number of nitrogens with one attached hydrogen (secondary N) is 1. The molecule has 0 heterocycles. The second-order valence-corrected chi connectivity index (χ2v) is 3.06. The highest BCUT2D eigenvalue weighted by Crippen LogP contribution is 2.18. The first kappa shape index (κ1) is 8.02. The Balaban J connectivity index is 1.83. The summed E-state index contributed by atoms with van der Waals surface area (Å²) in [4.78, 5) is 0. The van der Waals surface area contributed by atoms with Gasteiger partial charge >= 0.3 is 0 Å². The van der Waals surface area contributed by atoms with Crippen LogP contribution in [0.2, 0.25) is 0 Å². The van der Waals surface area contributed by atoms with E-state index in [1.165, 1.54) is 12.8 Å². The van der Waals surface area contributed by atoms with E-state index >= 15 is 0 Å². The fourth-order valence-corrected chi connectivity index (χ4v) is 0.896. The van der Waals surface area contributed by atoms with Crippen LogP contribution >= 0.6 is 0 Å². The maximum atomic E-state index is 5.11. The highest BCUT2D eigenvalue weighted by Gasteiger charge is 2.19. The molecule has 0 aromatic carbocycles. The zero-order valence-electron chi connectivity index (χ0n) is 6.89. The normalized spacial score (nSPS) is 21.0. The molecule has 0 spiro atoms. The van der Waals surface area contributed by atoms with Crippen molar-refractivity contribution in [1.82, 2.24) is 5.32 Å². The van der Waals surface area contributed by atoms with Crippen molar-refractivity contribution in [3.05, 3.63) is 0 Å². The van der Waals surface area contributed by atoms with E-state index in [0.717, 1.165) is 19.0 Å². The quantitative estimate of drug-likeness (QED) is 0.623. The van der Waals surface area contributed by atoms with Crippen LogP contribution in [0.3, 0.4) is 0 Å². The van der Waals surface area contributed by atoms with Gasteiger partial charge in [-0.15, -0.1) is 0 Å². The van der Waals surface area contributed by atoms with E-state index in [1.54, 1.807) is 7.11 Å². The summed E-state index contributed by atoms with van der Waals surface area (Å²) in [6, 6.07) is 0.837. The van der Waals surface area contributed by atoms with Crippen LogP contribution in [0.5, 0.6) is 0 Å². The van der Waals surface area contributed by atoms with Gasteiger partial charge in [0.15, 0.2) is 0 Å². The molecule has 1 atom stereocenters. The number of hydrogen-bond donors (Lipinski definition) is 1. The second-order valence-electron chi connectivity index (χ2n) is 3.06. The third-order valence-corrected chi connectivity index (χ3v) is 1.96. The van der Waals surface area contributed by atoms with Crippen molar-refractivity contribution in [2.45, 2.75) is 38.3 Å². The molecule has 60 valence electrons. The van der Waals surface area contributed by atoms with Gasteiger partial charge in [-0.3, -0.25) is 0 Å².